The minimum absolute atomic E-state index is 0.0404. The quantitative estimate of drug-likeness (QED) is 0.528. The Hall–Kier alpha value is -3.53. The number of H-pyrrole nitrogens is 1. The minimum atomic E-state index is -3.22. The Labute approximate surface area is 198 Å². The van der Waals surface area contributed by atoms with Gasteiger partial charge in [-0.3, -0.25) is 9.89 Å². The summed E-state index contributed by atoms with van der Waals surface area (Å²) >= 11 is 0. The van der Waals surface area contributed by atoms with Crippen molar-refractivity contribution in [1.82, 2.24) is 15.1 Å². The van der Waals surface area contributed by atoms with Gasteiger partial charge in [-0.2, -0.15) is 5.10 Å². The number of nitrogens with zero attached hydrogens (tertiary/aromatic N) is 2. The molecule has 4 rings (SSSR count). The average molecular weight is 486 g/mol. The van der Waals surface area contributed by atoms with Crippen LogP contribution in [0.15, 0.2) is 42.5 Å². The molecule has 9 nitrogen and oxygen atoms in total. The zero-order valence-corrected chi connectivity index (χ0v) is 20.1. The van der Waals surface area contributed by atoms with Crippen molar-refractivity contribution >= 4 is 15.7 Å². The maximum Gasteiger partial charge on any atom is 0.272 e. The first-order chi connectivity index (χ1) is 16.2. The first-order valence-electron chi connectivity index (χ1n) is 10.8. The van der Waals surface area contributed by atoms with Gasteiger partial charge >= 0.3 is 0 Å². The smallest absolute Gasteiger partial charge is 0.272 e. The number of carbonyl (C=O) groups is 1. The molecule has 2 heterocycles. The highest BCUT2D eigenvalue weighted by molar-refractivity contribution is 7.91. The number of ether oxygens (including phenoxy) is 2. The van der Waals surface area contributed by atoms with Crippen LogP contribution in [0, 0.1) is 6.92 Å². The van der Waals surface area contributed by atoms with Crippen molar-refractivity contribution in [3.63, 3.8) is 0 Å². The summed E-state index contributed by atoms with van der Waals surface area (Å²) in [5.74, 6) is 0.749. The van der Waals surface area contributed by atoms with Crippen LogP contribution in [0.4, 0.5) is 0 Å². The van der Waals surface area contributed by atoms with Gasteiger partial charge in [-0.25, -0.2) is 8.42 Å². The molecule has 0 spiro atoms. The number of rotatable bonds is 7. The molecular formula is C24H27N3O6S. The summed E-state index contributed by atoms with van der Waals surface area (Å²) < 4.78 is 35.0. The molecule has 0 saturated carbocycles. The lowest BCUT2D eigenvalue weighted by Gasteiger charge is -2.28. The van der Waals surface area contributed by atoms with Crippen LogP contribution >= 0.6 is 0 Å². The van der Waals surface area contributed by atoms with Crippen LogP contribution in [0.25, 0.3) is 11.3 Å². The van der Waals surface area contributed by atoms with Crippen molar-refractivity contribution in [2.75, 3.05) is 25.7 Å². The lowest BCUT2D eigenvalue weighted by molar-refractivity contribution is 0.0674. The number of nitrogens with one attached hydrogen (secondary N) is 1. The normalized spacial score (nSPS) is 16.9. The highest BCUT2D eigenvalue weighted by Crippen LogP contribution is 2.32. The molecule has 34 heavy (non-hydrogen) atoms. The Morgan fingerprint density at radius 1 is 1.18 bits per heavy atom. The van der Waals surface area contributed by atoms with Crippen LogP contribution in [-0.2, 0) is 16.4 Å². The van der Waals surface area contributed by atoms with E-state index in [1.165, 1.54) is 7.11 Å². The van der Waals surface area contributed by atoms with Crippen LogP contribution in [0.3, 0.4) is 0 Å². The molecule has 1 fully saturated rings. The number of sulfone groups is 1. The molecule has 1 saturated heterocycles. The van der Waals surface area contributed by atoms with Gasteiger partial charge in [-0.1, -0.05) is 18.2 Å². The lowest BCUT2D eigenvalue weighted by Crippen LogP contribution is -2.40. The summed E-state index contributed by atoms with van der Waals surface area (Å²) in [4.78, 5) is 15.1. The molecule has 2 N–H and O–H groups in total. The van der Waals surface area contributed by atoms with Gasteiger partial charge in [0.05, 0.1) is 31.4 Å². The molecule has 1 unspecified atom stereocenters. The van der Waals surface area contributed by atoms with Gasteiger partial charge in [0.2, 0.25) is 0 Å². The maximum absolute atomic E-state index is 13.6. The summed E-state index contributed by atoms with van der Waals surface area (Å²) in [6, 6.07) is 11.7. The molecule has 0 aliphatic carbocycles. The summed E-state index contributed by atoms with van der Waals surface area (Å²) in [5.41, 5.74) is 2.60. The highest BCUT2D eigenvalue weighted by atomic mass is 32.2. The number of amides is 1. The molecule has 1 aliphatic heterocycles. The van der Waals surface area contributed by atoms with Crippen molar-refractivity contribution in [2.45, 2.75) is 25.9 Å². The summed E-state index contributed by atoms with van der Waals surface area (Å²) in [6.07, 6.45) is 0.362. The summed E-state index contributed by atoms with van der Waals surface area (Å²) in [7, 11) is -0.149. The van der Waals surface area contributed by atoms with E-state index in [4.69, 9.17) is 9.47 Å². The van der Waals surface area contributed by atoms with E-state index in [1.807, 2.05) is 6.07 Å². The van der Waals surface area contributed by atoms with Crippen molar-refractivity contribution in [3.05, 3.63) is 59.3 Å². The first-order valence-corrected chi connectivity index (χ1v) is 12.6. The third kappa shape index (κ3) is 4.72. The molecule has 1 atom stereocenters. The number of aromatic amines is 1. The molecule has 10 heteroatoms. The fraction of sp³-hybridized carbons (Fsp3) is 0.333. The van der Waals surface area contributed by atoms with E-state index in [0.29, 0.717) is 34.7 Å². The van der Waals surface area contributed by atoms with Crippen LogP contribution < -0.4 is 9.47 Å². The lowest BCUT2D eigenvalue weighted by atomic mass is 10.1. The molecule has 1 aliphatic rings. The van der Waals surface area contributed by atoms with Crippen molar-refractivity contribution in [2.24, 2.45) is 0 Å². The van der Waals surface area contributed by atoms with Crippen molar-refractivity contribution < 1.29 is 27.8 Å². The number of hydrogen-bond donors (Lipinski definition) is 2. The number of para-hydroxylation sites is 1. The summed E-state index contributed by atoms with van der Waals surface area (Å²) in [5, 5.41) is 17.4. The monoisotopic (exact) mass is 485 g/mol. The number of benzene rings is 2. The zero-order valence-electron chi connectivity index (χ0n) is 19.2. The maximum atomic E-state index is 13.6. The number of hydrogen-bond acceptors (Lipinski definition) is 7. The van der Waals surface area contributed by atoms with Crippen LogP contribution in [0.5, 0.6) is 17.2 Å². The molecule has 3 aromatic rings. The first kappa shape index (κ1) is 23.6. The fourth-order valence-electron chi connectivity index (χ4n) is 4.15. The molecule has 2 aromatic carbocycles. The van der Waals surface area contributed by atoms with Gasteiger partial charge in [-0.05, 0) is 48.7 Å². The summed E-state index contributed by atoms with van der Waals surface area (Å²) in [6.45, 7) is 1.96. The van der Waals surface area contributed by atoms with E-state index in [9.17, 15) is 18.3 Å². The van der Waals surface area contributed by atoms with E-state index in [1.54, 1.807) is 55.3 Å². The fourth-order valence-corrected chi connectivity index (χ4v) is 5.88. The minimum Gasteiger partial charge on any atom is -0.507 e. The number of phenols is 1. The second-order valence-corrected chi connectivity index (χ2v) is 10.5. The number of aryl methyl sites for hydroxylation is 1. The van der Waals surface area contributed by atoms with Crippen molar-refractivity contribution in [1.29, 1.82) is 0 Å². The topological polar surface area (TPSA) is 122 Å². The van der Waals surface area contributed by atoms with Gasteiger partial charge in [0.25, 0.3) is 5.91 Å². The molecule has 1 amide bonds. The standard InChI is InChI=1S/C24H27N3O6S/c1-15-5-4-6-18(23(15)28)19-12-20(26-25-19)24(29)27(17-9-10-34(30,31)14-17)13-16-7-8-21(32-2)22(11-16)33-3/h4-8,11-12,17,28H,9-10,13-14H2,1-3H3,(H,25,26). The zero-order chi connectivity index (χ0) is 24.5. The third-order valence-corrected chi connectivity index (χ3v) is 7.78. The number of aromatic nitrogens is 2. The average Bonchev–Trinajstić information content (AvgIpc) is 3.45. The van der Waals surface area contributed by atoms with Crippen LogP contribution in [0.2, 0.25) is 0 Å². The van der Waals surface area contributed by atoms with E-state index >= 15 is 0 Å². The number of carbonyl (C=O) groups excluding carboxylic acids is 1. The Balaban J connectivity index is 1.66. The van der Waals surface area contributed by atoms with Gasteiger partial charge in [0.15, 0.2) is 21.3 Å². The largest absolute Gasteiger partial charge is 0.507 e. The Morgan fingerprint density at radius 3 is 2.62 bits per heavy atom. The van der Waals surface area contributed by atoms with E-state index < -0.39 is 15.9 Å². The number of methoxy groups -OCH3 is 2. The number of phenolic OH excluding ortho intramolecular Hbond substituents is 1. The van der Waals surface area contributed by atoms with E-state index in [0.717, 1.165) is 5.56 Å². The Bertz CT molecular complexity index is 1320. The Kier molecular flexibility index (Phi) is 6.52. The van der Waals surface area contributed by atoms with Crippen LogP contribution in [0.1, 0.15) is 28.0 Å². The van der Waals surface area contributed by atoms with E-state index in [2.05, 4.69) is 10.2 Å². The molecular weight excluding hydrogens is 458 g/mol. The van der Waals surface area contributed by atoms with E-state index in [-0.39, 0.29) is 35.4 Å². The Morgan fingerprint density at radius 2 is 1.94 bits per heavy atom. The van der Waals surface area contributed by atoms with Crippen LogP contribution in [-0.4, -0.2) is 66.3 Å². The molecule has 0 radical (unpaired) electrons. The molecule has 180 valence electrons. The molecule has 0 bridgehead atoms. The molecule has 1 aromatic heterocycles. The predicted molar refractivity (Wildman–Crippen MR) is 127 cm³/mol. The van der Waals surface area contributed by atoms with Gasteiger partial charge in [0, 0.05) is 18.2 Å². The second kappa shape index (κ2) is 9.38. The van der Waals surface area contributed by atoms with Gasteiger partial charge < -0.3 is 19.5 Å². The SMILES string of the molecule is COc1ccc(CN(C(=O)c2cc(-c3cccc(C)c3O)n[nH]2)C2CCS(=O)(=O)C2)cc1OC. The number of aromatic hydroxyl groups is 1. The van der Waals surface area contributed by atoms with Crippen molar-refractivity contribution in [3.8, 4) is 28.5 Å². The second-order valence-electron chi connectivity index (χ2n) is 8.32. The van der Waals surface area contributed by atoms with Gasteiger partial charge in [0.1, 0.15) is 11.4 Å². The third-order valence-electron chi connectivity index (χ3n) is 6.03. The predicted octanol–water partition coefficient (Wildman–Crippen LogP) is 2.94. The van der Waals surface area contributed by atoms with Gasteiger partial charge in [-0.15, -0.1) is 0 Å². The highest BCUT2D eigenvalue weighted by Gasteiger charge is 2.36.